The summed E-state index contributed by atoms with van der Waals surface area (Å²) in [6.45, 7) is 6.27. The average Bonchev–Trinajstić information content (AvgIpc) is 2.34. The van der Waals surface area contributed by atoms with E-state index in [-0.39, 0.29) is 6.04 Å². The fourth-order valence-electron chi connectivity index (χ4n) is 2.84. The van der Waals surface area contributed by atoms with Crippen LogP contribution >= 0.6 is 0 Å². The van der Waals surface area contributed by atoms with Crippen molar-refractivity contribution < 1.29 is 0 Å². The molecule has 0 saturated heterocycles. The number of rotatable bonds is 6. The Hall–Kier alpha value is -0.590. The number of nitrogens with one attached hydrogen (secondary N) is 1. The average molecular weight is 237 g/mol. The molecule has 3 atom stereocenters. The first-order valence-electron chi connectivity index (χ1n) is 7.02. The van der Waals surface area contributed by atoms with Gasteiger partial charge >= 0.3 is 0 Å². The number of hydrogen-bond acceptors (Lipinski definition) is 3. The largest absolute Gasteiger partial charge is 0.301 e. The van der Waals surface area contributed by atoms with Gasteiger partial charge in [0, 0.05) is 12.6 Å². The Morgan fingerprint density at radius 2 is 2.12 bits per heavy atom. The summed E-state index contributed by atoms with van der Waals surface area (Å²) in [5.74, 6) is 0.777. The zero-order chi connectivity index (χ0) is 12.7. The van der Waals surface area contributed by atoms with E-state index in [4.69, 9.17) is 5.26 Å². The monoisotopic (exact) mass is 237 g/mol. The van der Waals surface area contributed by atoms with Gasteiger partial charge in [-0.05, 0) is 38.8 Å². The third-order valence-corrected chi connectivity index (χ3v) is 3.90. The van der Waals surface area contributed by atoms with Crippen LogP contribution in [0.5, 0.6) is 0 Å². The Bertz CT molecular complexity index is 246. The Labute approximate surface area is 106 Å². The predicted octanol–water partition coefficient (Wildman–Crippen LogP) is 2.39. The van der Waals surface area contributed by atoms with Gasteiger partial charge in [-0.3, -0.25) is 0 Å². The van der Waals surface area contributed by atoms with E-state index in [1.54, 1.807) is 0 Å². The lowest BCUT2D eigenvalue weighted by Gasteiger charge is -2.37. The molecule has 0 bridgehead atoms. The molecule has 1 fully saturated rings. The molecule has 0 aromatic heterocycles. The minimum atomic E-state index is -0.0194. The van der Waals surface area contributed by atoms with Crippen LogP contribution in [0.1, 0.15) is 46.0 Å². The summed E-state index contributed by atoms with van der Waals surface area (Å²) < 4.78 is 0. The van der Waals surface area contributed by atoms with Crippen molar-refractivity contribution in [3.63, 3.8) is 0 Å². The molecule has 0 radical (unpaired) electrons. The molecule has 17 heavy (non-hydrogen) atoms. The summed E-state index contributed by atoms with van der Waals surface area (Å²) in [5.41, 5.74) is 0. The van der Waals surface area contributed by atoms with E-state index < -0.39 is 0 Å². The lowest BCUT2D eigenvalue weighted by Crippen LogP contribution is -2.46. The van der Waals surface area contributed by atoms with Gasteiger partial charge in [0.2, 0.25) is 0 Å². The van der Waals surface area contributed by atoms with Gasteiger partial charge in [-0.15, -0.1) is 0 Å². The van der Waals surface area contributed by atoms with E-state index in [0.29, 0.717) is 6.04 Å². The maximum Gasteiger partial charge on any atom is 0.108 e. The molecule has 0 heterocycles. The predicted molar refractivity (Wildman–Crippen MR) is 71.7 cm³/mol. The van der Waals surface area contributed by atoms with Gasteiger partial charge in [0.05, 0.1) is 6.07 Å². The molecule has 3 nitrogen and oxygen atoms in total. The lowest BCUT2D eigenvalue weighted by molar-refractivity contribution is 0.134. The molecule has 1 rings (SSSR count). The maximum absolute atomic E-state index is 9.13. The first-order valence-corrected chi connectivity index (χ1v) is 7.02. The van der Waals surface area contributed by atoms with Crippen molar-refractivity contribution in [2.24, 2.45) is 5.92 Å². The molecule has 0 aromatic rings. The van der Waals surface area contributed by atoms with Gasteiger partial charge in [-0.25, -0.2) is 0 Å². The van der Waals surface area contributed by atoms with Crippen LogP contribution in [0, 0.1) is 17.2 Å². The first kappa shape index (κ1) is 14.5. The molecule has 3 unspecified atom stereocenters. The van der Waals surface area contributed by atoms with Gasteiger partial charge in [0.15, 0.2) is 0 Å². The topological polar surface area (TPSA) is 39.1 Å². The second-order valence-electron chi connectivity index (χ2n) is 5.40. The summed E-state index contributed by atoms with van der Waals surface area (Å²) in [6, 6.07) is 3.02. The van der Waals surface area contributed by atoms with E-state index in [2.05, 4.69) is 37.2 Å². The fourth-order valence-corrected chi connectivity index (χ4v) is 2.84. The lowest BCUT2D eigenvalue weighted by atomic mass is 9.85. The van der Waals surface area contributed by atoms with Crippen molar-refractivity contribution >= 4 is 0 Å². The minimum Gasteiger partial charge on any atom is -0.301 e. The summed E-state index contributed by atoms with van der Waals surface area (Å²) in [7, 11) is 2.17. The number of likely N-dealkylation sites (N-methyl/N-ethyl adjacent to an activating group) is 1. The molecule has 1 saturated carbocycles. The van der Waals surface area contributed by atoms with Crippen molar-refractivity contribution in [3.8, 4) is 6.07 Å². The summed E-state index contributed by atoms with van der Waals surface area (Å²) in [4.78, 5) is 2.39. The molecule has 98 valence electrons. The van der Waals surface area contributed by atoms with Crippen LogP contribution in [0.3, 0.4) is 0 Å². The van der Waals surface area contributed by atoms with Crippen molar-refractivity contribution in [1.82, 2.24) is 10.2 Å². The molecule has 3 heteroatoms. The van der Waals surface area contributed by atoms with E-state index in [9.17, 15) is 0 Å². The first-order chi connectivity index (χ1) is 8.19. The smallest absolute Gasteiger partial charge is 0.108 e. The third-order valence-electron chi connectivity index (χ3n) is 3.90. The van der Waals surface area contributed by atoms with E-state index in [1.165, 1.54) is 25.7 Å². The van der Waals surface area contributed by atoms with Gasteiger partial charge in [-0.1, -0.05) is 26.7 Å². The van der Waals surface area contributed by atoms with Gasteiger partial charge in [-0.2, -0.15) is 5.26 Å². The molecule has 0 spiro atoms. The summed E-state index contributed by atoms with van der Waals surface area (Å²) in [5, 5.41) is 12.4. The molecule has 1 N–H and O–H groups in total. The Morgan fingerprint density at radius 1 is 1.41 bits per heavy atom. The van der Waals surface area contributed by atoms with Gasteiger partial charge in [0.1, 0.15) is 6.04 Å². The normalized spacial score (nSPS) is 26.8. The molecule has 0 aromatic carbocycles. The number of hydrogen-bond donors (Lipinski definition) is 1. The number of nitriles is 1. The van der Waals surface area contributed by atoms with Crippen LogP contribution in [0.25, 0.3) is 0 Å². The van der Waals surface area contributed by atoms with Gasteiger partial charge < -0.3 is 10.2 Å². The highest BCUT2D eigenvalue weighted by Crippen LogP contribution is 2.27. The summed E-state index contributed by atoms with van der Waals surface area (Å²) >= 11 is 0. The highest BCUT2D eigenvalue weighted by atomic mass is 15.2. The maximum atomic E-state index is 9.13. The van der Waals surface area contributed by atoms with Crippen LogP contribution in [0.2, 0.25) is 0 Å². The summed E-state index contributed by atoms with van der Waals surface area (Å²) in [6.07, 6.45) is 6.44. The highest BCUT2D eigenvalue weighted by Gasteiger charge is 2.26. The number of nitrogens with zero attached hydrogens (tertiary/aromatic N) is 2. The van der Waals surface area contributed by atoms with Gasteiger partial charge in [0.25, 0.3) is 0 Å². The quantitative estimate of drug-likeness (QED) is 0.771. The standard InChI is InChI=1S/C14H27N3/c1-4-9-16-13(10-15)11-17(3)14-8-6-5-7-12(14)2/h12-14,16H,4-9,11H2,1-3H3. The van der Waals surface area contributed by atoms with Crippen LogP contribution in [0.15, 0.2) is 0 Å². The highest BCUT2D eigenvalue weighted by molar-refractivity contribution is 4.93. The molecular formula is C14H27N3. The van der Waals surface area contributed by atoms with Crippen molar-refractivity contribution in [1.29, 1.82) is 5.26 Å². The molecule has 0 amide bonds. The second-order valence-corrected chi connectivity index (χ2v) is 5.40. The molecule has 0 aliphatic heterocycles. The third kappa shape index (κ3) is 4.65. The Morgan fingerprint density at radius 3 is 2.71 bits per heavy atom. The van der Waals surface area contributed by atoms with E-state index >= 15 is 0 Å². The van der Waals surface area contributed by atoms with Crippen molar-refractivity contribution in [2.45, 2.75) is 58.0 Å². The molecule has 1 aliphatic rings. The van der Waals surface area contributed by atoms with E-state index in [1.807, 2.05) is 0 Å². The van der Waals surface area contributed by atoms with Crippen LogP contribution < -0.4 is 5.32 Å². The van der Waals surface area contributed by atoms with Crippen LogP contribution in [0.4, 0.5) is 0 Å². The zero-order valence-electron chi connectivity index (χ0n) is 11.6. The van der Waals surface area contributed by atoms with Crippen LogP contribution in [-0.2, 0) is 0 Å². The zero-order valence-corrected chi connectivity index (χ0v) is 11.6. The van der Waals surface area contributed by atoms with Crippen LogP contribution in [-0.4, -0.2) is 37.1 Å². The van der Waals surface area contributed by atoms with E-state index in [0.717, 1.165) is 25.4 Å². The SMILES string of the molecule is CCCNC(C#N)CN(C)C1CCCCC1C. The van der Waals surface area contributed by atoms with Crippen molar-refractivity contribution in [2.75, 3.05) is 20.1 Å². The second kappa shape index (κ2) is 7.68. The molecule has 1 aliphatic carbocycles. The fraction of sp³-hybridized carbons (Fsp3) is 0.929. The minimum absolute atomic E-state index is 0.0194. The Kier molecular flexibility index (Phi) is 6.54. The Balaban J connectivity index is 2.40. The van der Waals surface area contributed by atoms with Crippen molar-refractivity contribution in [3.05, 3.63) is 0 Å². The molecular weight excluding hydrogens is 210 g/mol.